The lowest BCUT2D eigenvalue weighted by Gasteiger charge is -2.12. The van der Waals surface area contributed by atoms with E-state index in [9.17, 15) is 4.79 Å². The first kappa shape index (κ1) is 18.2. The number of benzene rings is 2. The first-order valence-electron chi connectivity index (χ1n) is 8.32. The number of esters is 1. The number of carbonyl (C=O) groups excluding carboxylic acids is 1. The van der Waals surface area contributed by atoms with E-state index >= 15 is 0 Å². The van der Waals surface area contributed by atoms with Crippen LogP contribution in [-0.2, 0) is 11.3 Å². The van der Waals surface area contributed by atoms with Crippen molar-refractivity contribution in [1.29, 1.82) is 0 Å². The van der Waals surface area contributed by atoms with Crippen LogP contribution in [-0.4, -0.2) is 13.1 Å². The molecule has 0 bridgehead atoms. The Kier molecular flexibility index (Phi) is 5.71. The molecule has 0 aliphatic carbocycles. The van der Waals surface area contributed by atoms with Crippen molar-refractivity contribution in [3.05, 3.63) is 76.0 Å². The van der Waals surface area contributed by atoms with Crippen LogP contribution in [0.1, 0.15) is 33.8 Å². The second-order valence-electron chi connectivity index (χ2n) is 6.01. The molecule has 0 radical (unpaired) electrons. The van der Waals surface area contributed by atoms with Crippen LogP contribution in [0.25, 0.3) is 11.1 Å². The summed E-state index contributed by atoms with van der Waals surface area (Å²) >= 11 is 1.36. The third-order valence-electron chi connectivity index (χ3n) is 4.07. The van der Waals surface area contributed by atoms with Crippen molar-refractivity contribution in [1.82, 2.24) is 0 Å². The fourth-order valence-corrected chi connectivity index (χ4v) is 3.41. The van der Waals surface area contributed by atoms with Crippen molar-refractivity contribution in [3.63, 3.8) is 0 Å². The third kappa shape index (κ3) is 4.12. The first-order chi connectivity index (χ1) is 12.6. The zero-order valence-electron chi connectivity index (χ0n) is 14.8. The van der Waals surface area contributed by atoms with Gasteiger partial charge in [0.05, 0.1) is 7.11 Å². The maximum absolute atomic E-state index is 12.3. The number of ether oxygens (including phenoxy) is 2. The highest BCUT2D eigenvalue weighted by atomic mass is 32.1. The third-order valence-corrected chi connectivity index (χ3v) is 4.98. The Labute approximate surface area is 157 Å². The molecule has 1 aromatic heterocycles. The molecule has 5 heteroatoms. The molecule has 0 saturated heterocycles. The smallest absolute Gasteiger partial charge is 0.348 e. The van der Waals surface area contributed by atoms with Gasteiger partial charge in [0.15, 0.2) is 0 Å². The van der Waals surface area contributed by atoms with E-state index in [1.165, 1.54) is 11.3 Å². The van der Waals surface area contributed by atoms with Crippen molar-refractivity contribution >= 4 is 17.3 Å². The molecular weight excluding hydrogens is 346 g/mol. The SMILES string of the molecule is COc1ccc(C(C)N)cc1-c1csc(C(=O)OCc2ccccc2)c1. The predicted octanol–water partition coefficient (Wildman–Crippen LogP) is 4.80. The molecule has 0 aliphatic rings. The summed E-state index contributed by atoms with van der Waals surface area (Å²) in [6.45, 7) is 2.20. The molecule has 3 rings (SSSR count). The normalized spacial score (nSPS) is 11.8. The molecule has 0 fully saturated rings. The fourth-order valence-electron chi connectivity index (χ4n) is 2.61. The zero-order valence-corrected chi connectivity index (χ0v) is 15.6. The van der Waals surface area contributed by atoms with Crippen LogP contribution in [0.4, 0.5) is 0 Å². The van der Waals surface area contributed by atoms with E-state index in [0.29, 0.717) is 4.88 Å². The van der Waals surface area contributed by atoms with Crippen molar-refractivity contribution in [3.8, 4) is 16.9 Å². The van der Waals surface area contributed by atoms with Crippen molar-refractivity contribution in [2.75, 3.05) is 7.11 Å². The van der Waals surface area contributed by atoms with Crippen LogP contribution in [0.15, 0.2) is 60.0 Å². The zero-order chi connectivity index (χ0) is 18.5. The van der Waals surface area contributed by atoms with E-state index in [1.807, 2.05) is 66.9 Å². The molecule has 0 aliphatic heterocycles. The number of hydrogen-bond donors (Lipinski definition) is 1. The Bertz CT molecular complexity index is 887. The monoisotopic (exact) mass is 367 g/mol. The topological polar surface area (TPSA) is 61.5 Å². The fraction of sp³-hybridized carbons (Fsp3) is 0.190. The average molecular weight is 367 g/mol. The Morgan fingerprint density at radius 2 is 1.92 bits per heavy atom. The lowest BCUT2D eigenvalue weighted by atomic mass is 10.0. The van der Waals surface area contributed by atoms with E-state index in [4.69, 9.17) is 15.2 Å². The maximum atomic E-state index is 12.3. The van der Waals surface area contributed by atoms with Gasteiger partial charge in [0, 0.05) is 11.6 Å². The summed E-state index contributed by atoms with van der Waals surface area (Å²) in [6.07, 6.45) is 0. The number of methoxy groups -OCH3 is 1. The Balaban J connectivity index is 1.79. The molecule has 134 valence electrons. The minimum Gasteiger partial charge on any atom is -0.496 e. The molecule has 2 N–H and O–H groups in total. The molecule has 26 heavy (non-hydrogen) atoms. The van der Waals surface area contributed by atoms with E-state index in [-0.39, 0.29) is 18.6 Å². The van der Waals surface area contributed by atoms with Gasteiger partial charge in [0.1, 0.15) is 17.2 Å². The largest absolute Gasteiger partial charge is 0.496 e. The highest BCUT2D eigenvalue weighted by molar-refractivity contribution is 7.12. The second-order valence-corrected chi connectivity index (χ2v) is 6.92. The van der Waals surface area contributed by atoms with Gasteiger partial charge >= 0.3 is 5.97 Å². The minimum absolute atomic E-state index is 0.0754. The van der Waals surface area contributed by atoms with E-state index in [2.05, 4.69) is 0 Å². The lowest BCUT2D eigenvalue weighted by molar-refractivity contribution is 0.0478. The van der Waals surface area contributed by atoms with Crippen LogP contribution in [0.3, 0.4) is 0 Å². The van der Waals surface area contributed by atoms with Crippen molar-refractivity contribution < 1.29 is 14.3 Å². The summed E-state index contributed by atoms with van der Waals surface area (Å²) in [5.74, 6) is 0.420. The number of nitrogens with two attached hydrogens (primary N) is 1. The Morgan fingerprint density at radius 1 is 1.15 bits per heavy atom. The second kappa shape index (κ2) is 8.17. The van der Waals surface area contributed by atoms with Gasteiger partial charge in [-0.2, -0.15) is 0 Å². The van der Waals surface area contributed by atoms with Gasteiger partial charge in [-0.15, -0.1) is 11.3 Å². The number of carbonyl (C=O) groups is 1. The van der Waals surface area contributed by atoms with Crippen molar-refractivity contribution in [2.45, 2.75) is 19.6 Å². The van der Waals surface area contributed by atoms with Crippen LogP contribution in [0, 0.1) is 0 Å². The van der Waals surface area contributed by atoms with Crippen molar-refractivity contribution in [2.24, 2.45) is 5.73 Å². The lowest BCUT2D eigenvalue weighted by Crippen LogP contribution is -2.05. The highest BCUT2D eigenvalue weighted by Crippen LogP contribution is 2.35. The molecule has 0 amide bonds. The summed E-state index contributed by atoms with van der Waals surface area (Å²) in [7, 11) is 1.63. The van der Waals surface area contributed by atoms with Crippen LogP contribution >= 0.6 is 11.3 Å². The molecule has 1 heterocycles. The quantitative estimate of drug-likeness (QED) is 0.636. The van der Waals surface area contributed by atoms with Gasteiger partial charge in [-0.25, -0.2) is 4.79 Å². The van der Waals surface area contributed by atoms with Gasteiger partial charge in [-0.3, -0.25) is 0 Å². The van der Waals surface area contributed by atoms with E-state index in [1.54, 1.807) is 7.11 Å². The van der Waals surface area contributed by atoms with Crippen LogP contribution in [0.5, 0.6) is 5.75 Å². The molecule has 0 spiro atoms. The average Bonchev–Trinajstić information content (AvgIpc) is 3.16. The number of thiophene rings is 1. The Morgan fingerprint density at radius 3 is 2.62 bits per heavy atom. The van der Waals surface area contributed by atoms with E-state index in [0.717, 1.165) is 28.0 Å². The highest BCUT2D eigenvalue weighted by Gasteiger charge is 2.15. The summed E-state index contributed by atoms with van der Waals surface area (Å²) in [5, 5.41) is 1.93. The molecular formula is C21H21NO3S. The van der Waals surface area contributed by atoms with Crippen LogP contribution < -0.4 is 10.5 Å². The van der Waals surface area contributed by atoms with Gasteiger partial charge in [-0.05, 0) is 47.2 Å². The summed E-state index contributed by atoms with van der Waals surface area (Å²) in [6, 6.07) is 17.2. The van der Waals surface area contributed by atoms with E-state index < -0.39 is 0 Å². The molecule has 2 aromatic carbocycles. The summed E-state index contributed by atoms with van der Waals surface area (Å²) in [5.41, 5.74) is 9.80. The standard InChI is InChI=1S/C21H21NO3S/c1-14(22)16-8-9-19(24-2)18(10-16)17-11-20(26-13-17)21(23)25-12-15-6-4-3-5-7-15/h3-11,13-14H,12,22H2,1-2H3. The summed E-state index contributed by atoms with van der Waals surface area (Å²) < 4.78 is 10.9. The van der Waals surface area contributed by atoms with Gasteiger partial charge in [0.25, 0.3) is 0 Å². The van der Waals surface area contributed by atoms with Crippen LogP contribution in [0.2, 0.25) is 0 Å². The molecule has 0 saturated carbocycles. The predicted molar refractivity (Wildman–Crippen MR) is 104 cm³/mol. The molecule has 3 aromatic rings. The molecule has 4 nitrogen and oxygen atoms in total. The van der Waals surface area contributed by atoms with Gasteiger partial charge in [0.2, 0.25) is 0 Å². The summed E-state index contributed by atoms with van der Waals surface area (Å²) in [4.78, 5) is 12.9. The van der Waals surface area contributed by atoms with Gasteiger partial charge in [-0.1, -0.05) is 36.4 Å². The minimum atomic E-state index is -0.326. The number of hydrogen-bond acceptors (Lipinski definition) is 5. The first-order valence-corrected chi connectivity index (χ1v) is 9.20. The van der Waals surface area contributed by atoms with Gasteiger partial charge < -0.3 is 15.2 Å². The maximum Gasteiger partial charge on any atom is 0.348 e. The molecule has 1 unspecified atom stereocenters. The Hall–Kier alpha value is -2.63. The molecule has 1 atom stereocenters. The number of rotatable bonds is 6.